The molecule has 1 fully saturated rings. The highest BCUT2D eigenvalue weighted by molar-refractivity contribution is 7.99. The molecule has 48 valence electrons. The van der Waals surface area contributed by atoms with Crippen molar-refractivity contribution in [2.45, 2.75) is 37.9 Å². The van der Waals surface area contributed by atoms with Gasteiger partial charge < -0.3 is 0 Å². The molecule has 1 rings (SSSR count). The fourth-order valence-corrected chi connectivity index (χ4v) is 2.40. The van der Waals surface area contributed by atoms with Crippen molar-refractivity contribution in [3.8, 4) is 0 Å². The van der Waals surface area contributed by atoms with Crippen molar-refractivity contribution >= 4 is 11.8 Å². The Morgan fingerprint density at radius 2 is 2.38 bits per heavy atom. The summed E-state index contributed by atoms with van der Waals surface area (Å²) in [5.41, 5.74) is 0. The summed E-state index contributed by atoms with van der Waals surface area (Å²) in [7, 11) is 0. The molecule has 8 heavy (non-hydrogen) atoms. The second-order valence-electron chi connectivity index (χ2n) is 2.40. The average molecular weight is 130 g/mol. The number of hydrogen-bond donors (Lipinski definition) is 0. The Morgan fingerprint density at radius 1 is 1.50 bits per heavy atom. The normalized spacial score (nSPS) is 30.4. The third kappa shape index (κ3) is 1.70. The van der Waals surface area contributed by atoms with Gasteiger partial charge in [-0.05, 0) is 25.0 Å². The zero-order valence-electron chi connectivity index (χ0n) is 5.52. The van der Waals surface area contributed by atoms with E-state index < -0.39 is 0 Å². The van der Waals surface area contributed by atoms with Crippen LogP contribution in [0.15, 0.2) is 0 Å². The van der Waals surface area contributed by atoms with Crippen molar-refractivity contribution in [1.29, 1.82) is 0 Å². The van der Waals surface area contributed by atoms with Crippen LogP contribution in [0.4, 0.5) is 0 Å². The molecule has 0 nitrogen and oxygen atoms in total. The lowest BCUT2D eigenvalue weighted by atomic mass is 10.1. The molecule has 0 unspecified atom stereocenters. The number of hydrogen-bond acceptors (Lipinski definition) is 1. The van der Waals surface area contributed by atoms with Crippen LogP contribution in [0.5, 0.6) is 0 Å². The zero-order valence-corrected chi connectivity index (χ0v) is 6.34. The fraction of sp³-hybridized carbons (Fsp3) is 1.00. The van der Waals surface area contributed by atoms with Crippen LogP contribution in [0.1, 0.15) is 32.6 Å². The van der Waals surface area contributed by atoms with Gasteiger partial charge in [0.1, 0.15) is 0 Å². The monoisotopic (exact) mass is 130 g/mol. The quantitative estimate of drug-likeness (QED) is 0.526. The largest absolute Gasteiger partial charge is 0.159 e. The maximum Gasteiger partial charge on any atom is 0.00444 e. The van der Waals surface area contributed by atoms with E-state index in [-0.39, 0.29) is 0 Å². The highest BCUT2D eigenvalue weighted by atomic mass is 32.2. The minimum atomic E-state index is 1.00. The molecule has 0 aromatic rings. The van der Waals surface area contributed by atoms with Crippen LogP contribution < -0.4 is 0 Å². The predicted molar refractivity (Wildman–Crippen MR) is 40.4 cm³/mol. The Bertz CT molecular complexity index is 55.4. The van der Waals surface area contributed by atoms with Crippen LogP contribution >= 0.6 is 11.8 Å². The Labute approximate surface area is 56.0 Å². The van der Waals surface area contributed by atoms with Crippen LogP contribution in [0.25, 0.3) is 0 Å². The summed E-state index contributed by atoms with van der Waals surface area (Å²) in [5, 5.41) is 1.00. The van der Waals surface area contributed by atoms with Gasteiger partial charge in [-0.2, -0.15) is 11.8 Å². The summed E-state index contributed by atoms with van der Waals surface area (Å²) >= 11 is 2.16. The standard InChI is InChI=1S/C7H14S/c1-2-7-5-3-4-6-8-7/h7H,2-6H2,1H3/t7-/m1/s1. The maximum absolute atomic E-state index is 2.29. The Hall–Kier alpha value is 0.350. The zero-order chi connectivity index (χ0) is 5.82. The molecule has 0 N–H and O–H groups in total. The fourth-order valence-electron chi connectivity index (χ4n) is 1.13. The topological polar surface area (TPSA) is 0 Å². The minimum Gasteiger partial charge on any atom is -0.159 e. The number of rotatable bonds is 1. The molecule has 1 heteroatoms. The first-order valence-electron chi connectivity index (χ1n) is 3.55. The van der Waals surface area contributed by atoms with E-state index in [2.05, 4.69) is 18.7 Å². The van der Waals surface area contributed by atoms with Gasteiger partial charge >= 0.3 is 0 Å². The van der Waals surface area contributed by atoms with Gasteiger partial charge in [0, 0.05) is 5.25 Å². The van der Waals surface area contributed by atoms with Crippen molar-refractivity contribution in [2.24, 2.45) is 0 Å². The van der Waals surface area contributed by atoms with E-state index >= 15 is 0 Å². The molecule has 1 atom stereocenters. The lowest BCUT2D eigenvalue weighted by Crippen LogP contribution is -2.06. The van der Waals surface area contributed by atoms with Crippen molar-refractivity contribution in [3.05, 3.63) is 0 Å². The Balaban J connectivity index is 2.13. The van der Waals surface area contributed by atoms with Gasteiger partial charge in [0.25, 0.3) is 0 Å². The smallest absolute Gasteiger partial charge is 0.00444 e. The molecule has 1 aliphatic heterocycles. The molecular formula is C7H14S. The predicted octanol–water partition coefficient (Wildman–Crippen LogP) is 2.68. The molecule has 0 aromatic heterocycles. The molecule has 0 aromatic carbocycles. The summed E-state index contributed by atoms with van der Waals surface area (Å²) in [6.07, 6.45) is 5.79. The summed E-state index contributed by atoms with van der Waals surface area (Å²) in [6, 6.07) is 0. The lowest BCUT2D eigenvalue weighted by molar-refractivity contribution is 0.651. The van der Waals surface area contributed by atoms with E-state index in [1.165, 1.54) is 31.4 Å². The summed E-state index contributed by atoms with van der Waals surface area (Å²) in [5.74, 6) is 1.42. The van der Waals surface area contributed by atoms with Gasteiger partial charge in [-0.1, -0.05) is 13.3 Å². The second-order valence-corrected chi connectivity index (χ2v) is 3.81. The van der Waals surface area contributed by atoms with E-state index in [0.717, 1.165) is 5.25 Å². The molecule has 0 radical (unpaired) electrons. The Kier molecular flexibility index (Phi) is 2.74. The molecule has 1 heterocycles. The van der Waals surface area contributed by atoms with Gasteiger partial charge in [-0.3, -0.25) is 0 Å². The van der Waals surface area contributed by atoms with Gasteiger partial charge in [-0.25, -0.2) is 0 Å². The second kappa shape index (κ2) is 3.39. The highest BCUT2D eigenvalue weighted by Gasteiger charge is 2.10. The summed E-state index contributed by atoms with van der Waals surface area (Å²) in [6.45, 7) is 2.29. The van der Waals surface area contributed by atoms with Crippen LogP contribution in [-0.4, -0.2) is 11.0 Å². The average Bonchev–Trinajstić information content (AvgIpc) is 1.90. The van der Waals surface area contributed by atoms with Crippen molar-refractivity contribution < 1.29 is 0 Å². The van der Waals surface area contributed by atoms with Crippen LogP contribution in [0.2, 0.25) is 0 Å². The van der Waals surface area contributed by atoms with E-state index in [1.807, 2.05) is 0 Å². The molecule has 0 saturated carbocycles. The highest BCUT2D eigenvalue weighted by Crippen LogP contribution is 2.26. The van der Waals surface area contributed by atoms with Gasteiger partial charge in [0.15, 0.2) is 0 Å². The molecule has 0 spiro atoms. The van der Waals surface area contributed by atoms with Crippen LogP contribution in [0.3, 0.4) is 0 Å². The minimum absolute atomic E-state index is 1.00. The van der Waals surface area contributed by atoms with Gasteiger partial charge in [0.2, 0.25) is 0 Å². The molecule has 0 bridgehead atoms. The van der Waals surface area contributed by atoms with Crippen molar-refractivity contribution in [3.63, 3.8) is 0 Å². The molecule has 1 aliphatic rings. The van der Waals surface area contributed by atoms with E-state index in [4.69, 9.17) is 0 Å². The van der Waals surface area contributed by atoms with Crippen LogP contribution in [-0.2, 0) is 0 Å². The molecule has 1 saturated heterocycles. The molecule has 0 aliphatic carbocycles. The first-order chi connectivity index (χ1) is 3.93. The van der Waals surface area contributed by atoms with E-state index in [1.54, 1.807) is 0 Å². The summed E-state index contributed by atoms with van der Waals surface area (Å²) in [4.78, 5) is 0. The molecular weight excluding hydrogens is 116 g/mol. The van der Waals surface area contributed by atoms with Crippen molar-refractivity contribution in [2.75, 3.05) is 5.75 Å². The van der Waals surface area contributed by atoms with Gasteiger partial charge in [0.05, 0.1) is 0 Å². The first-order valence-corrected chi connectivity index (χ1v) is 4.60. The third-order valence-corrected chi connectivity index (χ3v) is 3.29. The van der Waals surface area contributed by atoms with E-state index in [9.17, 15) is 0 Å². The third-order valence-electron chi connectivity index (χ3n) is 1.73. The van der Waals surface area contributed by atoms with Gasteiger partial charge in [-0.15, -0.1) is 0 Å². The molecule has 0 amide bonds. The first kappa shape index (κ1) is 6.47. The van der Waals surface area contributed by atoms with E-state index in [0.29, 0.717) is 0 Å². The maximum atomic E-state index is 2.29. The van der Waals surface area contributed by atoms with Crippen LogP contribution in [0, 0.1) is 0 Å². The lowest BCUT2D eigenvalue weighted by Gasteiger charge is -2.18. The SMILES string of the molecule is CC[C@@H]1CCCCS1. The number of thioether (sulfide) groups is 1. The van der Waals surface area contributed by atoms with Crippen molar-refractivity contribution in [1.82, 2.24) is 0 Å². The summed E-state index contributed by atoms with van der Waals surface area (Å²) < 4.78 is 0. The Morgan fingerprint density at radius 3 is 2.75 bits per heavy atom.